The number of nitrogens with zero attached hydrogens (tertiary/aromatic N) is 5. The highest BCUT2D eigenvalue weighted by molar-refractivity contribution is 5.49. The lowest BCUT2D eigenvalue weighted by Gasteiger charge is -2.38. The maximum absolute atomic E-state index is 5.28. The number of methoxy groups -OCH3 is 1. The molecule has 0 bridgehead atoms. The average molecular weight is 388 g/mol. The van der Waals surface area contributed by atoms with E-state index in [0.29, 0.717) is 12.0 Å². The molecular formula is C21H35N6O+. The molecule has 28 heavy (non-hydrogen) atoms. The molecule has 1 aromatic heterocycles. The molecule has 1 aliphatic rings. The van der Waals surface area contributed by atoms with Crippen LogP contribution in [0.25, 0.3) is 0 Å². The average Bonchev–Trinajstić information content (AvgIpc) is 3.16. The summed E-state index contributed by atoms with van der Waals surface area (Å²) >= 11 is 0. The van der Waals surface area contributed by atoms with Gasteiger partial charge in [0.1, 0.15) is 5.75 Å². The summed E-state index contributed by atoms with van der Waals surface area (Å²) in [6.07, 6.45) is 1.09. The summed E-state index contributed by atoms with van der Waals surface area (Å²) in [5.74, 6) is 2.52. The summed E-state index contributed by atoms with van der Waals surface area (Å²) in [5, 5.41) is 12.8. The van der Waals surface area contributed by atoms with Crippen molar-refractivity contribution in [1.29, 1.82) is 0 Å². The Morgan fingerprint density at radius 3 is 2.29 bits per heavy atom. The Kier molecular flexibility index (Phi) is 6.23. The van der Waals surface area contributed by atoms with E-state index in [9.17, 15) is 0 Å². The van der Waals surface area contributed by atoms with Crippen molar-refractivity contribution in [2.45, 2.75) is 52.6 Å². The maximum Gasteiger partial charge on any atom is 0.209 e. The second-order valence-corrected chi connectivity index (χ2v) is 9.15. The van der Waals surface area contributed by atoms with E-state index in [1.54, 1.807) is 12.0 Å². The topological polar surface area (TPSA) is 60.5 Å². The van der Waals surface area contributed by atoms with Gasteiger partial charge in [-0.2, -0.15) is 0 Å². The zero-order valence-corrected chi connectivity index (χ0v) is 18.1. The van der Waals surface area contributed by atoms with Gasteiger partial charge in [-0.05, 0) is 61.4 Å². The first-order valence-electron chi connectivity index (χ1n) is 10.3. The molecule has 0 unspecified atom stereocenters. The van der Waals surface area contributed by atoms with Crippen LogP contribution in [0.2, 0.25) is 0 Å². The standard InChI is InChI=1S/C21H34N6O/c1-16(2)15-19(20-22-23-24-27(20)21(3,4)5)26-13-11-25(12-14-26)17-7-9-18(28-6)10-8-17/h7-10,16,19H,11-15H2,1-6H3/p+1/t19-/m0/s1. The summed E-state index contributed by atoms with van der Waals surface area (Å²) in [6, 6.07) is 8.69. The fourth-order valence-electron chi connectivity index (χ4n) is 4.01. The van der Waals surface area contributed by atoms with Gasteiger partial charge in [0.2, 0.25) is 5.82 Å². The first kappa shape index (κ1) is 20.6. The molecule has 7 heteroatoms. The van der Waals surface area contributed by atoms with E-state index in [1.165, 1.54) is 5.69 Å². The number of quaternary nitrogens is 1. The second-order valence-electron chi connectivity index (χ2n) is 9.15. The van der Waals surface area contributed by atoms with Gasteiger partial charge < -0.3 is 14.5 Å². The SMILES string of the molecule is COc1ccc(N2CC[NH+]([C@@H](CC(C)C)c3nnnn3C(C)(C)C)CC2)cc1. The minimum atomic E-state index is -0.113. The number of hydrogen-bond donors (Lipinski definition) is 1. The molecule has 0 amide bonds. The second kappa shape index (κ2) is 8.47. The molecule has 154 valence electrons. The molecular weight excluding hydrogens is 352 g/mol. The van der Waals surface area contributed by atoms with E-state index in [1.807, 2.05) is 16.8 Å². The highest BCUT2D eigenvalue weighted by Gasteiger charge is 2.35. The Balaban J connectivity index is 1.74. The maximum atomic E-state index is 5.28. The highest BCUT2D eigenvalue weighted by atomic mass is 16.5. The van der Waals surface area contributed by atoms with E-state index in [2.05, 4.69) is 67.2 Å². The normalized spacial score (nSPS) is 17.2. The minimum Gasteiger partial charge on any atom is -0.497 e. The third kappa shape index (κ3) is 4.63. The van der Waals surface area contributed by atoms with Crippen molar-refractivity contribution in [1.82, 2.24) is 20.2 Å². The zero-order chi connectivity index (χ0) is 20.3. The lowest BCUT2D eigenvalue weighted by atomic mass is 9.99. The Morgan fingerprint density at radius 1 is 1.11 bits per heavy atom. The molecule has 1 N–H and O–H groups in total. The van der Waals surface area contributed by atoms with Gasteiger partial charge in [0.05, 0.1) is 38.8 Å². The number of anilines is 1. The third-order valence-corrected chi connectivity index (χ3v) is 5.48. The molecule has 3 rings (SSSR count). The molecule has 1 aromatic carbocycles. The first-order valence-corrected chi connectivity index (χ1v) is 10.3. The van der Waals surface area contributed by atoms with E-state index in [4.69, 9.17) is 4.74 Å². The van der Waals surface area contributed by atoms with Crippen molar-refractivity contribution < 1.29 is 9.64 Å². The summed E-state index contributed by atoms with van der Waals surface area (Å²) < 4.78 is 7.29. The predicted molar refractivity (Wildman–Crippen MR) is 111 cm³/mol. The predicted octanol–water partition coefficient (Wildman–Crippen LogP) is 1.93. The van der Waals surface area contributed by atoms with Crippen molar-refractivity contribution in [3.8, 4) is 5.75 Å². The summed E-state index contributed by atoms with van der Waals surface area (Å²) in [5.41, 5.74) is 1.15. The van der Waals surface area contributed by atoms with E-state index >= 15 is 0 Å². The molecule has 0 spiro atoms. The molecule has 2 heterocycles. The largest absolute Gasteiger partial charge is 0.497 e. The van der Waals surface area contributed by atoms with Crippen molar-refractivity contribution in [2.75, 3.05) is 38.2 Å². The van der Waals surface area contributed by atoms with Crippen LogP contribution in [0.1, 0.15) is 52.9 Å². The minimum absolute atomic E-state index is 0.113. The van der Waals surface area contributed by atoms with Crippen LogP contribution in [0.15, 0.2) is 24.3 Å². The van der Waals surface area contributed by atoms with Crippen LogP contribution in [0.5, 0.6) is 5.75 Å². The lowest BCUT2D eigenvalue weighted by molar-refractivity contribution is -0.934. The zero-order valence-electron chi connectivity index (χ0n) is 18.1. The number of ether oxygens (including phenoxy) is 1. The molecule has 0 saturated carbocycles. The molecule has 1 atom stereocenters. The van der Waals surface area contributed by atoms with Gasteiger partial charge in [0.15, 0.2) is 6.04 Å². The third-order valence-electron chi connectivity index (χ3n) is 5.48. The van der Waals surface area contributed by atoms with Crippen LogP contribution in [0.3, 0.4) is 0 Å². The summed E-state index contributed by atoms with van der Waals surface area (Å²) in [7, 11) is 1.71. The van der Waals surface area contributed by atoms with Crippen molar-refractivity contribution >= 4 is 5.69 Å². The first-order chi connectivity index (χ1) is 13.3. The fourth-order valence-corrected chi connectivity index (χ4v) is 4.01. The molecule has 7 nitrogen and oxygen atoms in total. The highest BCUT2D eigenvalue weighted by Crippen LogP contribution is 2.23. The Morgan fingerprint density at radius 2 is 1.75 bits per heavy atom. The van der Waals surface area contributed by atoms with Crippen LogP contribution in [0, 0.1) is 5.92 Å². The van der Waals surface area contributed by atoms with Crippen molar-refractivity contribution in [2.24, 2.45) is 5.92 Å². The summed E-state index contributed by atoms with van der Waals surface area (Å²) in [4.78, 5) is 4.04. The van der Waals surface area contributed by atoms with Crippen LogP contribution in [-0.4, -0.2) is 53.5 Å². The number of aromatic nitrogens is 4. The van der Waals surface area contributed by atoms with Crippen LogP contribution >= 0.6 is 0 Å². The molecule has 1 aliphatic heterocycles. The number of rotatable bonds is 6. The van der Waals surface area contributed by atoms with Crippen molar-refractivity contribution in [3.05, 3.63) is 30.1 Å². The van der Waals surface area contributed by atoms with Crippen LogP contribution in [-0.2, 0) is 5.54 Å². The number of nitrogens with one attached hydrogen (secondary N) is 1. The smallest absolute Gasteiger partial charge is 0.209 e. The van der Waals surface area contributed by atoms with Gasteiger partial charge in [0.25, 0.3) is 0 Å². The van der Waals surface area contributed by atoms with E-state index < -0.39 is 0 Å². The molecule has 2 aromatic rings. The van der Waals surface area contributed by atoms with Crippen molar-refractivity contribution in [3.63, 3.8) is 0 Å². The van der Waals surface area contributed by atoms with Crippen LogP contribution < -0.4 is 14.5 Å². The Labute approximate surface area is 168 Å². The van der Waals surface area contributed by atoms with Gasteiger partial charge in [0, 0.05) is 12.1 Å². The van der Waals surface area contributed by atoms with Gasteiger partial charge in [-0.25, -0.2) is 4.68 Å². The van der Waals surface area contributed by atoms with Gasteiger partial charge in [-0.15, -0.1) is 5.10 Å². The van der Waals surface area contributed by atoms with Gasteiger partial charge in [-0.1, -0.05) is 13.8 Å². The van der Waals surface area contributed by atoms with Gasteiger partial charge >= 0.3 is 0 Å². The van der Waals surface area contributed by atoms with E-state index in [-0.39, 0.29) is 5.54 Å². The number of piperazine rings is 1. The van der Waals surface area contributed by atoms with Crippen LogP contribution in [0.4, 0.5) is 5.69 Å². The number of benzene rings is 1. The molecule has 1 fully saturated rings. The molecule has 0 radical (unpaired) electrons. The molecule has 1 saturated heterocycles. The monoisotopic (exact) mass is 387 g/mol. The summed E-state index contributed by atoms with van der Waals surface area (Å²) in [6.45, 7) is 15.3. The Bertz CT molecular complexity index is 741. The van der Waals surface area contributed by atoms with Gasteiger partial charge in [-0.3, -0.25) is 0 Å². The quantitative estimate of drug-likeness (QED) is 0.821. The number of tetrazole rings is 1. The number of hydrogen-bond acceptors (Lipinski definition) is 5. The molecule has 0 aliphatic carbocycles. The fraction of sp³-hybridized carbons (Fsp3) is 0.667. The Hall–Kier alpha value is -2.15. The lowest BCUT2D eigenvalue weighted by Crippen LogP contribution is -3.15. The van der Waals surface area contributed by atoms with E-state index in [0.717, 1.165) is 44.2 Å².